The molecule has 1 heterocycles. The average Bonchev–Trinajstić information content (AvgIpc) is 3.49. The maximum atomic E-state index is 12.6. The fraction of sp³-hybridized carbons (Fsp3) is 0.200. The first-order valence-corrected chi connectivity index (χ1v) is 9.66. The smallest absolute Gasteiger partial charge is 0.273 e. The minimum absolute atomic E-state index is 0.0939. The van der Waals surface area contributed by atoms with Crippen LogP contribution in [0, 0.1) is 10.1 Å². The molecule has 1 amide bonds. The van der Waals surface area contributed by atoms with Crippen LogP contribution in [0.1, 0.15) is 28.8 Å². The van der Waals surface area contributed by atoms with Crippen molar-refractivity contribution in [2.75, 3.05) is 0 Å². The van der Waals surface area contributed by atoms with Gasteiger partial charge in [0.1, 0.15) is 0 Å². The molecule has 4 rings (SSSR count). The highest BCUT2D eigenvalue weighted by Gasteiger charge is 2.25. The van der Waals surface area contributed by atoms with Crippen LogP contribution in [0.5, 0.6) is 0 Å². The van der Waals surface area contributed by atoms with Gasteiger partial charge in [-0.3, -0.25) is 14.9 Å². The monoisotopic (exact) mass is 379 g/mol. The first-order chi connectivity index (χ1) is 13.1. The van der Waals surface area contributed by atoms with Crippen molar-refractivity contribution in [1.82, 2.24) is 10.3 Å². The molecule has 1 N–H and O–H groups in total. The third kappa shape index (κ3) is 3.93. The summed E-state index contributed by atoms with van der Waals surface area (Å²) in [5, 5.41) is 15.7. The topological polar surface area (TPSA) is 85.1 Å². The molecule has 7 heteroatoms. The highest BCUT2D eigenvalue weighted by molar-refractivity contribution is 7.98. The summed E-state index contributed by atoms with van der Waals surface area (Å²) in [7, 11) is 0. The molecule has 6 nitrogen and oxygen atoms in total. The molecule has 1 aromatic heterocycles. The number of hydrogen-bond acceptors (Lipinski definition) is 5. The van der Waals surface area contributed by atoms with E-state index in [9.17, 15) is 14.9 Å². The molecule has 1 aliphatic carbocycles. The lowest BCUT2D eigenvalue weighted by Gasteiger charge is -2.10. The van der Waals surface area contributed by atoms with Crippen molar-refractivity contribution < 1.29 is 9.72 Å². The summed E-state index contributed by atoms with van der Waals surface area (Å²) in [5.74, 6) is 0.315. The molecule has 136 valence electrons. The summed E-state index contributed by atoms with van der Waals surface area (Å²) in [6.07, 6.45) is 2.04. The number of pyridine rings is 1. The van der Waals surface area contributed by atoms with Gasteiger partial charge in [0.2, 0.25) is 0 Å². The number of benzene rings is 2. The van der Waals surface area contributed by atoms with E-state index in [4.69, 9.17) is 0 Å². The number of carbonyl (C=O) groups is 1. The lowest BCUT2D eigenvalue weighted by atomic mass is 10.1. The molecule has 0 bridgehead atoms. The Hall–Kier alpha value is -2.93. The Morgan fingerprint density at radius 3 is 2.70 bits per heavy atom. The van der Waals surface area contributed by atoms with Gasteiger partial charge in [-0.2, -0.15) is 0 Å². The SMILES string of the molecule is O=C(NC1CC1)c1cc(SCc2ccccc2[N+](=O)[O-])nc2ccccc12. The molecule has 2 aromatic carbocycles. The summed E-state index contributed by atoms with van der Waals surface area (Å²) in [4.78, 5) is 28.1. The second-order valence-electron chi connectivity index (χ2n) is 6.45. The van der Waals surface area contributed by atoms with E-state index in [1.54, 1.807) is 24.3 Å². The molecule has 0 radical (unpaired) electrons. The molecule has 0 atom stereocenters. The molecule has 27 heavy (non-hydrogen) atoms. The van der Waals surface area contributed by atoms with Gasteiger partial charge < -0.3 is 5.32 Å². The number of para-hydroxylation sites is 2. The van der Waals surface area contributed by atoms with Gasteiger partial charge in [0, 0.05) is 28.8 Å². The molecule has 1 saturated carbocycles. The van der Waals surface area contributed by atoms with E-state index < -0.39 is 0 Å². The Morgan fingerprint density at radius 1 is 1.19 bits per heavy atom. The zero-order valence-electron chi connectivity index (χ0n) is 14.4. The second-order valence-corrected chi connectivity index (χ2v) is 7.44. The Kier molecular flexibility index (Phi) is 4.77. The third-order valence-corrected chi connectivity index (χ3v) is 5.37. The number of carbonyl (C=O) groups excluding carboxylic acids is 1. The highest BCUT2D eigenvalue weighted by atomic mass is 32.2. The highest BCUT2D eigenvalue weighted by Crippen LogP contribution is 2.30. The van der Waals surface area contributed by atoms with Gasteiger partial charge in [-0.1, -0.05) is 36.4 Å². The number of thioether (sulfide) groups is 1. The number of aromatic nitrogens is 1. The maximum absolute atomic E-state index is 12.6. The first-order valence-electron chi connectivity index (χ1n) is 8.67. The Balaban J connectivity index is 1.64. The van der Waals surface area contributed by atoms with Crippen molar-refractivity contribution in [3.8, 4) is 0 Å². The molecule has 0 unspecified atom stereocenters. The number of nitrogens with zero attached hydrogens (tertiary/aromatic N) is 2. The van der Waals surface area contributed by atoms with E-state index in [0.29, 0.717) is 21.9 Å². The number of nitro benzene ring substituents is 1. The summed E-state index contributed by atoms with van der Waals surface area (Å²) in [6.45, 7) is 0. The van der Waals surface area contributed by atoms with Crippen LogP contribution in [0.25, 0.3) is 10.9 Å². The van der Waals surface area contributed by atoms with Crippen LogP contribution < -0.4 is 5.32 Å². The lowest BCUT2D eigenvalue weighted by Crippen LogP contribution is -2.25. The predicted octanol–water partition coefficient (Wildman–Crippen LogP) is 4.33. The van der Waals surface area contributed by atoms with E-state index in [-0.39, 0.29) is 22.6 Å². The molecule has 0 aliphatic heterocycles. The Labute approximate surface area is 160 Å². The first kappa shape index (κ1) is 17.5. The summed E-state index contributed by atoms with van der Waals surface area (Å²) in [6, 6.07) is 16.3. The Morgan fingerprint density at radius 2 is 1.93 bits per heavy atom. The molecule has 0 saturated heterocycles. The predicted molar refractivity (Wildman–Crippen MR) is 105 cm³/mol. The van der Waals surface area contributed by atoms with E-state index in [1.807, 2.05) is 24.3 Å². The van der Waals surface area contributed by atoms with E-state index in [0.717, 1.165) is 23.7 Å². The average molecular weight is 379 g/mol. The van der Waals surface area contributed by atoms with Gasteiger partial charge in [-0.25, -0.2) is 4.98 Å². The van der Waals surface area contributed by atoms with E-state index >= 15 is 0 Å². The molecule has 3 aromatic rings. The zero-order valence-corrected chi connectivity index (χ0v) is 15.2. The molecule has 1 fully saturated rings. The van der Waals surface area contributed by atoms with Crippen LogP contribution in [0.15, 0.2) is 59.6 Å². The Bertz CT molecular complexity index is 1030. The zero-order chi connectivity index (χ0) is 18.8. The van der Waals surface area contributed by atoms with Crippen LogP contribution in [-0.2, 0) is 5.75 Å². The number of nitro groups is 1. The minimum Gasteiger partial charge on any atom is -0.349 e. The van der Waals surface area contributed by atoms with Crippen molar-refractivity contribution in [3.63, 3.8) is 0 Å². The number of nitrogens with one attached hydrogen (secondary N) is 1. The normalized spacial score (nSPS) is 13.5. The van der Waals surface area contributed by atoms with Crippen LogP contribution >= 0.6 is 11.8 Å². The van der Waals surface area contributed by atoms with Crippen molar-refractivity contribution in [2.45, 2.75) is 29.7 Å². The number of fused-ring (bicyclic) bond motifs is 1. The quantitative estimate of drug-likeness (QED) is 0.391. The fourth-order valence-electron chi connectivity index (χ4n) is 2.87. The lowest BCUT2D eigenvalue weighted by molar-refractivity contribution is -0.385. The number of hydrogen-bond donors (Lipinski definition) is 1. The van der Waals surface area contributed by atoms with E-state index in [1.165, 1.54) is 17.8 Å². The van der Waals surface area contributed by atoms with Crippen molar-refractivity contribution in [1.29, 1.82) is 0 Å². The van der Waals surface area contributed by atoms with Gasteiger partial charge in [-0.05, 0) is 25.0 Å². The second kappa shape index (κ2) is 7.36. The number of rotatable bonds is 6. The maximum Gasteiger partial charge on any atom is 0.273 e. The summed E-state index contributed by atoms with van der Waals surface area (Å²) < 4.78 is 0. The van der Waals surface area contributed by atoms with Gasteiger partial charge in [0.15, 0.2) is 0 Å². The minimum atomic E-state index is -0.377. The third-order valence-electron chi connectivity index (χ3n) is 4.41. The fourth-order valence-corrected chi connectivity index (χ4v) is 3.78. The van der Waals surface area contributed by atoms with Gasteiger partial charge in [0.25, 0.3) is 11.6 Å². The van der Waals surface area contributed by atoms with Crippen molar-refractivity contribution >= 4 is 34.3 Å². The van der Waals surface area contributed by atoms with Crippen molar-refractivity contribution in [2.24, 2.45) is 0 Å². The summed E-state index contributed by atoms with van der Waals surface area (Å²) >= 11 is 1.39. The molecular formula is C20H17N3O3S. The van der Waals surface area contributed by atoms with E-state index in [2.05, 4.69) is 10.3 Å². The largest absolute Gasteiger partial charge is 0.349 e. The molecule has 0 spiro atoms. The van der Waals surface area contributed by atoms with Crippen LogP contribution in [-0.4, -0.2) is 21.9 Å². The summed E-state index contributed by atoms with van der Waals surface area (Å²) in [5.41, 5.74) is 2.06. The van der Waals surface area contributed by atoms with Crippen molar-refractivity contribution in [3.05, 3.63) is 75.8 Å². The van der Waals surface area contributed by atoms with Gasteiger partial charge >= 0.3 is 0 Å². The van der Waals surface area contributed by atoms with Crippen LogP contribution in [0.4, 0.5) is 5.69 Å². The number of amides is 1. The van der Waals surface area contributed by atoms with Gasteiger partial charge in [0.05, 0.1) is 21.0 Å². The molecular weight excluding hydrogens is 362 g/mol. The van der Waals surface area contributed by atoms with Crippen LogP contribution in [0.3, 0.4) is 0 Å². The van der Waals surface area contributed by atoms with Crippen LogP contribution in [0.2, 0.25) is 0 Å². The molecule has 1 aliphatic rings. The van der Waals surface area contributed by atoms with Gasteiger partial charge in [-0.15, -0.1) is 11.8 Å². The standard InChI is InChI=1S/C20H17N3O3S/c24-20(21-14-9-10-14)16-11-19(22-17-7-3-2-6-15(16)17)27-12-13-5-1-4-8-18(13)23(25)26/h1-8,11,14H,9-10,12H2,(H,21,24).